The third-order valence-electron chi connectivity index (χ3n) is 7.14. The Bertz CT molecular complexity index is 1590. The Morgan fingerprint density at radius 2 is 1.67 bits per heavy atom. The van der Waals surface area contributed by atoms with Gasteiger partial charge in [-0.25, -0.2) is 0 Å². The molecule has 7 nitrogen and oxygen atoms in total. The summed E-state index contributed by atoms with van der Waals surface area (Å²) in [6, 6.07) is 21.4. The molecule has 0 fully saturated rings. The Morgan fingerprint density at radius 1 is 1.00 bits per heavy atom. The molecule has 0 aliphatic carbocycles. The van der Waals surface area contributed by atoms with Crippen LogP contribution in [0.4, 0.5) is 11.4 Å². The third-order valence-corrected chi connectivity index (χ3v) is 7.14. The van der Waals surface area contributed by atoms with Gasteiger partial charge in [0.1, 0.15) is 0 Å². The van der Waals surface area contributed by atoms with E-state index in [1.165, 1.54) is 12.0 Å². The molecule has 3 aromatic carbocycles. The highest BCUT2D eigenvalue weighted by Crippen LogP contribution is 2.43. The summed E-state index contributed by atoms with van der Waals surface area (Å²) in [6.07, 6.45) is 0. The van der Waals surface area contributed by atoms with E-state index in [2.05, 4.69) is 20.8 Å². The summed E-state index contributed by atoms with van der Waals surface area (Å²) < 4.78 is 11.3. The van der Waals surface area contributed by atoms with Crippen molar-refractivity contribution in [3.05, 3.63) is 101 Å². The smallest absolute Gasteiger partial charge is 0.294 e. The zero-order valence-electron chi connectivity index (χ0n) is 23.0. The Kier molecular flexibility index (Phi) is 6.46. The van der Waals surface area contributed by atoms with Crippen LogP contribution in [-0.2, 0) is 10.2 Å². The number of methoxy groups -OCH3 is 1. The lowest BCUT2D eigenvalue weighted by molar-refractivity contribution is -0.117. The normalized spacial score (nSPS) is 15.8. The molecule has 0 spiro atoms. The number of aliphatic hydroxyl groups is 1. The van der Waals surface area contributed by atoms with Gasteiger partial charge in [0.05, 0.1) is 18.7 Å². The number of ether oxygens (including phenoxy) is 1. The van der Waals surface area contributed by atoms with Crippen LogP contribution in [0.15, 0.2) is 88.5 Å². The Labute approximate surface area is 227 Å². The van der Waals surface area contributed by atoms with Crippen LogP contribution in [0.25, 0.3) is 11.0 Å². The number of hydrogen-bond donors (Lipinski definition) is 1. The van der Waals surface area contributed by atoms with E-state index in [0.29, 0.717) is 28.0 Å². The number of furan rings is 1. The van der Waals surface area contributed by atoms with Gasteiger partial charge in [-0.1, -0.05) is 57.2 Å². The van der Waals surface area contributed by atoms with Crippen LogP contribution in [0, 0.1) is 0 Å². The molecule has 1 unspecified atom stereocenters. The van der Waals surface area contributed by atoms with E-state index < -0.39 is 23.5 Å². The number of amides is 1. The molecule has 7 heteroatoms. The summed E-state index contributed by atoms with van der Waals surface area (Å²) in [7, 11) is 5.40. The Morgan fingerprint density at radius 3 is 2.26 bits per heavy atom. The molecule has 1 aromatic heterocycles. The number of fused-ring (bicyclic) bond motifs is 1. The van der Waals surface area contributed by atoms with E-state index in [1.807, 2.05) is 73.6 Å². The van der Waals surface area contributed by atoms with Gasteiger partial charge in [0.25, 0.3) is 5.91 Å². The van der Waals surface area contributed by atoms with Crippen LogP contribution >= 0.6 is 0 Å². The predicted molar refractivity (Wildman–Crippen MR) is 153 cm³/mol. The second-order valence-corrected chi connectivity index (χ2v) is 10.9. The first kappa shape index (κ1) is 26.1. The average molecular weight is 525 g/mol. The molecular weight excluding hydrogens is 492 g/mol. The minimum absolute atomic E-state index is 0.0173. The van der Waals surface area contributed by atoms with Crippen LogP contribution in [0.5, 0.6) is 5.75 Å². The van der Waals surface area contributed by atoms with Gasteiger partial charge in [0.15, 0.2) is 22.9 Å². The summed E-state index contributed by atoms with van der Waals surface area (Å²) in [5.41, 5.74) is 3.66. The molecule has 1 aliphatic rings. The first-order valence-corrected chi connectivity index (χ1v) is 12.8. The molecule has 0 radical (unpaired) electrons. The molecule has 39 heavy (non-hydrogen) atoms. The van der Waals surface area contributed by atoms with E-state index in [0.717, 1.165) is 11.3 Å². The van der Waals surface area contributed by atoms with Gasteiger partial charge in [0, 0.05) is 30.9 Å². The molecular formula is C32H32N2O5. The van der Waals surface area contributed by atoms with Crippen molar-refractivity contribution >= 4 is 34.0 Å². The number of benzene rings is 3. The van der Waals surface area contributed by atoms with Crippen molar-refractivity contribution in [2.45, 2.75) is 32.2 Å². The second kappa shape index (κ2) is 9.66. The monoisotopic (exact) mass is 524 g/mol. The van der Waals surface area contributed by atoms with Crippen LogP contribution < -0.4 is 14.5 Å². The number of anilines is 2. The highest BCUT2D eigenvalue weighted by Gasteiger charge is 2.45. The minimum atomic E-state index is -0.850. The van der Waals surface area contributed by atoms with E-state index in [9.17, 15) is 14.7 Å². The first-order valence-electron chi connectivity index (χ1n) is 12.8. The van der Waals surface area contributed by atoms with Gasteiger partial charge in [-0.2, -0.15) is 0 Å². The highest BCUT2D eigenvalue weighted by atomic mass is 16.5. The maximum absolute atomic E-state index is 14.0. The zero-order chi connectivity index (χ0) is 28.1. The Balaban J connectivity index is 1.63. The molecule has 1 aliphatic heterocycles. The van der Waals surface area contributed by atoms with Gasteiger partial charge >= 0.3 is 0 Å². The lowest BCUT2D eigenvalue weighted by Gasteiger charge is -2.28. The fourth-order valence-electron chi connectivity index (χ4n) is 4.94. The van der Waals surface area contributed by atoms with E-state index in [-0.39, 0.29) is 16.7 Å². The van der Waals surface area contributed by atoms with Crippen LogP contribution in [-0.4, -0.2) is 38.0 Å². The molecule has 200 valence electrons. The van der Waals surface area contributed by atoms with Gasteiger partial charge in [-0.05, 0) is 52.9 Å². The number of rotatable bonds is 6. The summed E-state index contributed by atoms with van der Waals surface area (Å²) in [5, 5.41) is 11.8. The maximum atomic E-state index is 14.0. The third kappa shape index (κ3) is 4.54. The Hall–Kier alpha value is -4.52. The standard InChI is InChI=1S/C32H32N2O5/c1-32(2,3)21-12-16-23(17-13-21)34-27(19-10-14-22(15-11-19)33(4)5)26(29(36)31(34)37)28(35)25-18-20-8-7-9-24(38-6)30(20)39-25/h7-18,27,36H,1-6H3. The van der Waals surface area contributed by atoms with Crippen molar-refractivity contribution in [1.82, 2.24) is 0 Å². The van der Waals surface area contributed by atoms with Crippen molar-refractivity contribution in [2.75, 3.05) is 31.0 Å². The molecule has 1 atom stereocenters. The van der Waals surface area contributed by atoms with Gasteiger partial charge in [-0.3, -0.25) is 14.5 Å². The van der Waals surface area contributed by atoms with E-state index in [4.69, 9.17) is 9.15 Å². The van der Waals surface area contributed by atoms with Crippen LogP contribution in [0.1, 0.15) is 48.5 Å². The number of Topliss-reactive ketones (excluding diaryl/α,β-unsaturated/α-hetero) is 1. The number of nitrogens with zero attached hydrogens (tertiary/aromatic N) is 2. The topological polar surface area (TPSA) is 83.2 Å². The van der Waals surface area contributed by atoms with Gasteiger partial charge < -0.3 is 19.2 Å². The average Bonchev–Trinajstić information content (AvgIpc) is 3.47. The van der Waals surface area contributed by atoms with E-state index >= 15 is 0 Å². The second-order valence-electron chi connectivity index (χ2n) is 10.9. The molecule has 0 bridgehead atoms. The molecule has 5 rings (SSSR count). The number of carbonyl (C=O) groups excluding carboxylic acids is 2. The summed E-state index contributed by atoms with van der Waals surface area (Å²) in [5.74, 6) is -1.28. The molecule has 0 saturated heterocycles. The number of ketones is 1. The lowest BCUT2D eigenvalue weighted by atomic mass is 9.87. The number of hydrogen-bond acceptors (Lipinski definition) is 6. The van der Waals surface area contributed by atoms with Crippen molar-refractivity contribution in [3.63, 3.8) is 0 Å². The number of carbonyl (C=O) groups is 2. The predicted octanol–water partition coefficient (Wildman–Crippen LogP) is 6.59. The van der Waals surface area contributed by atoms with Crippen molar-refractivity contribution < 1.29 is 23.8 Å². The molecule has 2 heterocycles. The van der Waals surface area contributed by atoms with Crippen molar-refractivity contribution in [2.24, 2.45) is 0 Å². The van der Waals surface area contributed by atoms with Crippen molar-refractivity contribution in [1.29, 1.82) is 0 Å². The fraction of sp³-hybridized carbons (Fsp3) is 0.250. The summed E-state index contributed by atoms with van der Waals surface area (Å²) in [4.78, 5) is 31.0. The SMILES string of the molecule is COc1cccc2cc(C(=O)C3=C(O)C(=O)N(c4ccc(C(C)(C)C)cc4)C3c3ccc(N(C)C)cc3)oc12. The zero-order valence-corrected chi connectivity index (χ0v) is 23.0. The summed E-state index contributed by atoms with van der Waals surface area (Å²) in [6.45, 7) is 6.35. The molecule has 1 N–H and O–H groups in total. The largest absolute Gasteiger partial charge is 0.503 e. The highest BCUT2D eigenvalue weighted by molar-refractivity contribution is 6.20. The van der Waals surface area contributed by atoms with Crippen LogP contribution in [0.2, 0.25) is 0 Å². The van der Waals surface area contributed by atoms with Gasteiger partial charge in [0.2, 0.25) is 5.78 Å². The number of para-hydroxylation sites is 1. The summed E-state index contributed by atoms with van der Waals surface area (Å²) >= 11 is 0. The van der Waals surface area contributed by atoms with Gasteiger partial charge in [-0.15, -0.1) is 0 Å². The molecule has 4 aromatic rings. The van der Waals surface area contributed by atoms with Crippen molar-refractivity contribution in [3.8, 4) is 5.75 Å². The van der Waals surface area contributed by atoms with E-state index in [1.54, 1.807) is 18.2 Å². The van der Waals surface area contributed by atoms with Crippen LogP contribution in [0.3, 0.4) is 0 Å². The minimum Gasteiger partial charge on any atom is -0.503 e. The first-order chi connectivity index (χ1) is 18.5. The fourth-order valence-corrected chi connectivity index (χ4v) is 4.94. The lowest BCUT2D eigenvalue weighted by Crippen LogP contribution is -2.31. The number of aliphatic hydroxyl groups excluding tert-OH is 1. The quantitative estimate of drug-likeness (QED) is 0.287. The molecule has 1 amide bonds. The molecule has 0 saturated carbocycles. The maximum Gasteiger partial charge on any atom is 0.294 e.